The average Bonchev–Trinajstić information content (AvgIpc) is 2.37. The third-order valence-corrected chi connectivity index (χ3v) is 5.70. The zero-order chi connectivity index (χ0) is 14.8. The minimum Gasteiger partial charge on any atom is -0.291 e. The van der Waals surface area contributed by atoms with Gasteiger partial charge >= 0.3 is 0 Å². The molecule has 1 aromatic rings. The predicted molar refractivity (Wildman–Crippen MR) is 71.1 cm³/mol. The topological polar surface area (TPSA) is 94.3 Å². The minimum absolute atomic E-state index is 0.0140. The van der Waals surface area contributed by atoms with Crippen molar-refractivity contribution in [3.05, 3.63) is 39.9 Å². The van der Waals surface area contributed by atoms with Gasteiger partial charge in [0.2, 0.25) is 4.21 Å². The second-order valence-electron chi connectivity index (χ2n) is 3.95. The minimum atomic E-state index is -3.79. The average molecular weight is 306 g/mol. The van der Waals surface area contributed by atoms with Gasteiger partial charge in [0.05, 0.1) is 4.92 Å². The van der Waals surface area contributed by atoms with Crippen molar-refractivity contribution in [2.45, 2.75) is 18.1 Å². The molecule has 1 rings (SSSR count). The molecule has 0 N–H and O–H groups in total. The molecular weight excluding hydrogens is 294 g/mol. The van der Waals surface area contributed by atoms with Gasteiger partial charge in [-0.25, -0.2) is 8.42 Å². The van der Waals surface area contributed by atoms with Gasteiger partial charge in [-0.05, 0) is 19.1 Å². The first-order valence-electron chi connectivity index (χ1n) is 5.34. The Balaban J connectivity index is 3.17. The number of Topliss-reactive ketones (excluding diaryl/α,β-unsaturated/α-hetero) is 1. The van der Waals surface area contributed by atoms with E-state index in [1.54, 1.807) is 0 Å². The van der Waals surface area contributed by atoms with Gasteiger partial charge in [-0.2, -0.15) is 0 Å². The lowest BCUT2D eigenvalue weighted by Crippen LogP contribution is -2.39. The summed E-state index contributed by atoms with van der Waals surface area (Å²) in [5, 5.41) is 10.5. The number of sulfone groups is 1. The monoisotopic (exact) mass is 305 g/mol. The molecule has 0 heterocycles. The van der Waals surface area contributed by atoms with Crippen LogP contribution in [0.15, 0.2) is 24.3 Å². The Morgan fingerprint density at radius 1 is 1.37 bits per heavy atom. The molecule has 8 heteroatoms. The third kappa shape index (κ3) is 2.93. The fourth-order valence-electron chi connectivity index (χ4n) is 1.40. The van der Waals surface area contributed by atoms with E-state index in [2.05, 4.69) is 0 Å². The standard InChI is InChI=1S/C11H12ClNO5S/c1-3-19(17,18)11(2,12)10(14)8-4-6-9(7-5-8)13(15)16/h4-7H,3H2,1-2H3. The van der Waals surface area contributed by atoms with Crippen LogP contribution < -0.4 is 0 Å². The molecule has 1 aromatic carbocycles. The summed E-state index contributed by atoms with van der Waals surface area (Å²) in [5.74, 6) is -1.07. The molecule has 0 aliphatic rings. The maximum absolute atomic E-state index is 12.1. The smallest absolute Gasteiger partial charge is 0.269 e. The summed E-state index contributed by atoms with van der Waals surface area (Å²) in [7, 11) is -3.79. The summed E-state index contributed by atoms with van der Waals surface area (Å²) in [6.07, 6.45) is 0. The van der Waals surface area contributed by atoms with Gasteiger partial charge in [-0.3, -0.25) is 14.9 Å². The highest BCUT2D eigenvalue weighted by atomic mass is 35.5. The molecule has 6 nitrogen and oxygen atoms in total. The number of hydrogen-bond acceptors (Lipinski definition) is 5. The second kappa shape index (κ2) is 5.26. The normalized spacial score (nSPS) is 14.7. The van der Waals surface area contributed by atoms with E-state index >= 15 is 0 Å². The highest BCUT2D eigenvalue weighted by Gasteiger charge is 2.43. The fraction of sp³-hybridized carbons (Fsp3) is 0.364. The first kappa shape index (κ1) is 15.6. The maximum Gasteiger partial charge on any atom is 0.269 e. The van der Waals surface area contributed by atoms with Gasteiger partial charge in [0.1, 0.15) is 0 Å². The van der Waals surface area contributed by atoms with Crippen LogP contribution in [0.2, 0.25) is 0 Å². The van der Waals surface area contributed by atoms with Crippen LogP contribution in [0.4, 0.5) is 5.69 Å². The second-order valence-corrected chi connectivity index (χ2v) is 7.56. The van der Waals surface area contributed by atoms with E-state index in [4.69, 9.17) is 11.6 Å². The summed E-state index contributed by atoms with van der Waals surface area (Å²) >= 11 is 5.84. The zero-order valence-electron chi connectivity index (χ0n) is 10.3. The molecule has 19 heavy (non-hydrogen) atoms. The number of hydrogen-bond donors (Lipinski definition) is 0. The highest BCUT2D eigenvalue weighted by Crippen LogP contribution is 2.28. The molecule has 0 bridgehead atoms. The molecule has 0 spiro atoms. The number of carbonyl (C=O) groups is 1. The lowest BCUT2D eigenvalue weighted by molar-refractivity contribution is -0.384. The summed E-state index contributed by atoms with van der Waals surface area (Å²) in [6, 6.07) is 4.62. The molecule has 0 aliphatic carbocycles. The number of nitro benzene ring substituents is 1. The predicted octanol–water partition coefficient (Wildman–Crippen LogP) is 2.17. The first-order valence-corrected chi connectivity index (χ1v) is 7.37. The molecule has 1 atom stereocenters. The molecule has 0 aliphatic heterocycles. The third-order valence-electron chi connectivity index (χ3n) is 2.71. The molecule has 1 unspecified atom stereocenters. The number of rotatable bonds is 5. The van der Waals surface area contributed by atoms with Crippen LogP contribution in [-0.4, -0.2) is 29.1 Å². The number of carbonyl (C=O) groups excluding carboxylic acids is 1. The van der Waals surface area contributed by atoms with Crippen LogP contribution in [0.25, 0.3) is 0 Å². The van der Waals surface area contributed by atoms with Crippen molar-refractivity contribution in [1.82, 2.24) is 0 Å². The van der Waals surface area contributed by atoms with E-state index in [1.807, 2.05) is 0 Å². The van der Waals surface area contributed by atoms with Crippen LogP contribution in [0, 0.1) is 10.1 Å². The number of non-ortho nitro benzene ring substituents is 1. The molecule has 0 saturated carbocycles. The van der Waals surface area contributed by atoms with Crippen molar-refractivity contribution in [3.8, 4) is 0 Å². The van der Waals surface area contributed by atoms with E-state index in [-0.39, 0.29) is 17.0 Å². The van der Waals surface area contributed by atoms with Crippen molar-refractivity contribution >= 4 is 32.9 Å². The van der Waals surface area contributed by atoms with Gasteiger partial charge in [-0.15, -0.1) is 0 Å². The van der Waals surface area contributed by atoms with Crippen LogP contribution in [0.5, 0.6) is 0 Å². The van der Waals surface area contributed by atoms with Gasteiger partial charge in [0, 0.05) is 23.4 Å². The Bertz CT molecular complexity index is 606. The molecule has 0 radical (unpaired) electrons. The molecule has 0 amide bonds. The summed E-state index contributed by atoms with van der Waals surface area (Å²) in [5.41, 5.74) is -0.175. The Morgan fingerprint density at radius 3 is 2.21 bits per heavy atom. The van der Waals surface area contributed by atoms with Crippen molar-refractivity contribution in [3.63, 3.8) is 0 Å². The van der Waals surface area contributed by atoms with Crippen molar-refractivity contribution in [2.75, 3.05) is 5.75 Å². The summed E-state index contributed by atoms with van der Waals surface area (Å²) in [6.45, 7) is 2.50. The largest absolute Gasteiger partial charge is 0.291 e. The van der Waals surface area contributed by atoms with Crippen LogP contribution in [0.3, 0.4) is 0 Å². The van der Waals surface area contributed by atoms with Gasteiger partial charge in [-0.1, -0.05) is 18.5 Å². The Hall–Kier alpha value is -1.47. The van der Waals surface area contributed by atoms with Gasteiger partial charge in [0.15, 0.2) is 15.6 Å². The van der Waals surface area contributed by atoms with Crippen LogP contribution >= 0.6 is 11.6 Å². The maximum atomic E-state index is 12.1. The summed E-state index contributed by atoms with van der Waals surface area (Å²) in [4.78, 5) is 21.9. The quantitative estimate of drug-likeness (QED) is 0.359. The zero-order valence-corrected chi connectivity index (χ0v) is 11.9. The molecular formula is C11H12ClNO5S. The number of ketones is 1. The summed E-state index contributed by atoms with van der Waals surface area (Å²) < 4.78 is 21.4. The Morgan fingerprint density at radius 2 is 1.84 bits per heavy atom. The molecule has 104 valence electrons. The molecule has 0 saturated heterocycles. The number of alkyl halides is 1. The molecule has 0 fully saturated rings. The van der Waals surface area contributed by atoms with E-state index in [0.717, 1.165) is 19.1 Å². The van der Waals surface area contributed by atoms with E-state index in [1.165, 1.54) is 19.1 Å². The van der Waals surface area contributed by atoms with Crippen molar-refractivity contribution in [1.29, 1.82) is 0 Å². The van der Waals surface area contributed by atoms with Crippen molar-refractivity contribution in [2.24, 2.45) is 0 Å². The van der Waals surface area contributed by atoms with E-state index in [0.29, 0.717) is 0 Å². The van der Waals surface area contributed by atoms with Crippen LogP contribution in [-0.2, 0) is 9.84 Å². The lowest BCUT2D eigenvalue weighted by atomic mass is 10.1. The SMILES string of the molecule is CCS(=O)(=O)C(C)(Cl)C(=O)c1ccc([N+](=O)[O-])cc1. The highest BCUT2D eigenvalue weighted by molar-refractivity contribution is 7.95. The first-order chi connectivity index (χ1) is 8.63. The number of benzene rings is 1. The van der Waals surface area contributed by atoms with Crippen molar-refractivity contribution < 1.29 is 18.1 Å². The van der Waals surface area contributed by atoms with Gasteiger partial charge in [0.25, 0.3) is 5.69 Å². The lowest BCUT2D eigenvalue weighted by Gasteiger charge is -2.19. The number of nitro groups is 1. The van der Waals surface area contributed by atoms with E-state index < -0.39 is 24.8 Å². The Labute approximate surface area is 115 Å². The number of halogens is 1. The Kier molecular flexibility index (Phi) is 4.32. The number of nitrogens with zero attached hydrogens (tertiary/aromatic N) is 1. The van der Waals surface area contributed by atoms with Gasteiger partial charge < -0.3 is 0 Å². The fourth-order valence-corrected chi connectivity index (χ4v) is 2.78. The van der Waals surface area contributed by atoms with E-state index in [9.17, 15) is 23.3 Å². The van der Waals surface area contributed by atoms with Crippen LogP contribution in [0.1, 0.15) is 24.2 Å². The molecule has 0 aromatic heterocycles.